The van der Waals surface area contributed by atoms with E-state index in [1.54, 1.807) is 11.8 Å². The van der Waals surface area contributed by atoms with E-state index in [4.69, 9.17) is 15.6 Å². The van der Waals surface area contributed by atoms with Crippen LogP contribution < -0.4 is 5.73 Å². The Morgan fingerprint density at radius 3 is 2.55 bits per heavy atom. The maximum atomic E-state index is 9.95. The average molecular weight is 329 g/mol. The smallest absolute Gasteiger partial charge is 0.167 e. The van der Waals surface area contributed by atoms with Crippen LogP contribution in [0, 0.1) is 0 Å². The van der Waals surface area contributed by atoms with Gasteiger partial charge in [0.2, 0.25) is 0 Å². The fourth-order valence-electron chi connectivity index (χ4n) is 2.17. The van der Waals surface area contributed by atoms with Crippen LogP contribution in [0.1, 0.15) is 6.23 Å². The SMILES string of the molecule is CSC.Nc1ncnc2c1ncn2[C@@H]1O[C@H](CO)[C@@H](O)[C@H]1O. The molecule has 0 aliphatic carbocycles. The molecule has 9 nitrogen and oxygen atoms in total. The first-order chi connectivity index (χ1) is 10.5. The van der Waals surface area contributed by atoms with Gasteiger partial charge < -0.3 is 25.8 Å². The topological polar surface area (TPSA) is 140 Å². The highest BCUT2D eigenvalue weighted by molar-refractivity contribution is 7.97. The molecule has 5 N–H and O–H groups in total. The fourth-order valence-corrected chi connectivity index (χ4v) is 2.17. The van der Waals surface area contributed by atoms with E-state index in [-0.39, 0.29) is 5.82 Å². The number of thioether (sulfide) groups is 1. The maximum Gasteiger partial charge on any atom is 0.167 e. The third kappa shape index (κ3) is 3.01. The lowest BCUT2D eigenvalue weighted by Crippen LogP contribution is -2.33. The predicted octanol–water partition coefficient (Wildman–Crippen LogP) is -1.00. The molecule has 0 spiro atoms. The molecule has 3 heterocycles. The Morgan fingerprint density at radius 1 is 1.27 bits per heavy atom. The molecule has 0 saturated carbocycles. The standard InChI is InChI=1S/C10H13N5O4.C2H6S/c11-8-5-9(13-2-12-8)15(3-14-5)10-7(18)6(17)4(1-16)19-10;1-3-2/h2-4,6-7,10,16-18H,1H2,(H2,11,12,13);1-2H3/t4-,6-,7-,10-;/m1./s1. The molecule has 22 heavy (non-hydrogen) atoms. The van der Waals surface area contributed by atoms with E-state index in [9.17, 15) is 10.2 Å². The van der Waals surface area contributed by atoms with Crippen LogP contribution in [0.5, 0.6) is 0 Å². The molecule has 122 valence electrons. The highest BCUT2D eigenvalue weighted by Gasteiger charge is 2.43. The first kappa shape index (κ1) is 16.9. The molecule has 0 aromatic carbocycles. The van der Waals surface area contributed by atoms with Crippen LogP contribution in [0.25, 0.3) is 11.2 Å². The van der Waals surface area contributed by atoms with E-state index in [1.165, 1.54) is 17.2 Å². The quantitative estimate of drug-likeness (QED) is 0.546. The number of aliphatic hydroxyl groups is 3. The number of imidazole rings is 1. The van der Waals surface area contributed by atoms with Gasteiger partial charge in [0.25, 0.3) is 0 Å². The molecule has 2 aromatic rings. The van der Waals surface area contributed by atoms with Crippen LogP contribution in [0.3, 0.4) is 0 Å². The van der Waals surface area contributed by atoms with Gasteiger partial charge in [-0.15, -0.1) is 0 Å². The number of nitrogens with two attached hydrogens (primary N) is 1. The number of hydrogen-bond acceptors (Lipinski definition) is 9. The van der Waals surface area contributed by atoms with Gasteiger partial charge in [-0.25, -0.2) is 15.0 Å². The summed E-state index contributed by atoms with van der Waals surface area (Å²) < 4.78 is 6.85. The van der Waals surface area contributed by atoms with E-state index in [0.717, 1.165) is 0 Å². The molecular weight excluding hydrogens is 310 g/mol. The van der Waals surface area contributed by atoms with Gasteiger partial charge in [-0.05, 0) is 12.5 Å². The monoisotopic (exact) mass is 329 g/mol. The summed E-state index contributed by atoms with van der Waals surface area (Å²) in [6, 6.07) is 0. The number of anilines is 1. The molecule has 0 bridgehead atoms. The lowest BCUT2D eigenvalue weighted by atomic mass is 10.1. The number of nitrogens with zero attached hydrogens (tertiary/aromatic N) is 4. The van der Waals surface area contributed by atoms with Crippen molar-refractivity contribution >= 4 is 28.7 Å². The third-order valence-corrected chi connectivity index (χ3v) is 3.18. The van der Waals surface area contributed by atoms with Crippen molar-refractivity contribution in [1.29, 1.82) is 0 Å². The Hall–Kier alpha value is -1.46. The molecule has 0 amide bonds. The second-order valence-corrected chi connectivity index (χ2v) is 5.54. The molecule has 4 atom stereocenters. The molecule has 3 rings (SSSR count). The van der Waals surface area contributed by atoms with Gasteiger partial charge in [-0.2, -0.15) is 11.8 Å². The van der Waals surface area contributed by atoms with Crippen molar-refractivity contribution in [2.45, 2.75) is 24.5 Å². The summed E-state index contributed by atoms with van der Waals surface area (Å²) in [6.45, 7) is -0.390. The number of fused-ring (bicyclic) bond motifs is 1. The summed E-state index contributed by atoms with van der Waals surface area (Å²) in [7, 11) is 0. The molecule has 10 heteroatoms. The van der Waals surface area contributed by atoms with Gasteiger partial charge in [0.1, 0.15) is 30.2 Å². The Labute approximate surface area is 131 Å². The van der Waals surface area contributed by atoms with Crippen molar-refractivity contribution in [2.24, 2.45) is 0 Å². The Bertz CT molecular complexity index is 625. The number of hydrogen-bond donors (Lipinski definition) is 4. The maximum absolute atomic E-state index is 9.95. The van der Waals surface area contributed by atoms with Crippen LogP contribution in [0.4, 0.5) is 5.82 Å². The summed E-state index contributed by atoms with van der Waals surface area (Å²) in [5, 5.41) is 28.7. The van der Waals surface area contributed by atoms with E-state index < -0.39 is 31.1 Å². The first-order valence-corrected chi connectivity index (χ1v) is 8.14. The van der Waals surface area contributed by atoms with Crippen LogP contribution in [-0.4, -0.2) is 72.3 Å². The summed E-state index contributed by atoms with van der Waals surface area (Å²) in [4.78, 5) is 11.9. The van der Waals surface area contributed by atoms with Crippen molar-refractivity contribution in [1.82, 2.24) is 19.5 Å². The Balaban J connectivity index is 0.000000545. The lowest BCUT2D eigenvalue weighted by molar-refractivity contribution is -0.0511. The van der Waals surface area contributed by atoms with E-state index >= 15 is 0 Å². The molecule has 1 saturated heterocycles. The minimum absolute atomic E-state index is 0.218. The molecule has 0 unspecified atom stereocenters. The number of ether oxygens (including phenoxy) is 1. The van der Waals surface area contributed by atoms with E-state index in [2.05, 4.69) is 15.0 Å². The van der Waals surface area contributed by atoms with E-state index in [0.29, 0.717) is 11.2 Å². The molecule has 1 aliphatic heterocycles. The van der Waals surface area contributed by atoms with Crippen molar-refractivity contribution in [3.63, 3.8) is 0 Å². The summed E-state index contributed by atoms with van der Waals surface area (Å²) in [5.74, 6) is 0.218. The normalized spacial score (nSPS) is 27.7. The van der Waals surface area contributed by atoms with Crippen molar-refractivity contribution in [3.05, 3.63) is 12.7 Å². The van der Waals surface area contributed by atoms with Gasteiger partial charge in [0.15, 0.2) is 17.7 Å². The summed E-state index contributed by atoms with van der Waals surface area (Å²) in [6.07, 6.45) is 2.66. The van der Waals surface area contributed by atoms with Crippen molar-refractivity contribution in [3.8, 4) is 0 Å². The molecule has 0 radical (unpaired) electrons. The second kappa shape index (κ2) is 7.20. The first-order valence-electron chi connectivity index (χ1n) is 6.50. The van der Waals surface area contributed by atoms with Crippen LogP contribution in [0.15, 0.2) is 12.7 Å². The number of rotatable bonds is 2. The van der Waals surface area contributed by atoms with Crippen LogP contribution >= 0.6 is 11.8 Å². The fraction of sp³-hybridized carbons (Fsp3) is 0.583. The zero-order chi connectivity index (χ0) is 16.3. The Morgan fingerprint density at radius 2 is 1.95 bits per heavy atom. The zero-order valence-electron chi connectivity index (χ0n) is 12.2. The van der Waals surface area contributed by atoms with Gasteiger partial charge in [0, 0.05) is 0 Å². The minimum atomic E-state index is -1.19. The molecule has 1 fully saturated rings. The molecule has 2 aromatic heterocycles. The average Bonchev–Trinajstić information content (AvgIpc) is 3.04. The predicted molar refractivity (Wildman–Crippen MR) is 82.2 cm³/mol. The van der Waals surface area contributed by atoms with Crippen molar-refractivity contribution < 1.29 is 20.1 Å². The van der Waals surface area contributed by atoms with Gasteiger partial charge >= 0.3 is 0 Å². The van der Waals surface area contributed by atoms with Crippen LogP contribution in [0.2, 0.25) is 0 Å². The van der Waals surface area contributed by atoms with Crippen LogP contribution in [-0.2, 0) is 4.74 Å². The second-order valence-electron chi connectivity index (χ2n) is 4.72. The Kier molecular flexibility index (Phi) is 5.53. The van der Waals surface area contributed by atoms with E-state index in [1.807, 2.05) is 12.5 Å². The highest BCUT2D eigenvalue weighted by Crippen LogP contribution is 2.31. The number of nitrogen functional groups attached to an aromatic ring is 1. The van der Waals surface area contributed by atoms with Gasteiger partial charge in [0.05, 0.1) is 12.9 Å². The van der Waals surface area contributed by atoms with Gasteiger partial charge in [-0.3, -0.25) is 4.57 Å². The van der Waals surface area contributed by atoms with Gasteiger partial charge in [-0.1, -0.05) is 0 Å². The van der Waals surface area contributed by atoms with Crippen molar-refractivity contribution in [2.75, 3.05) is 24.9 Å². The minimum Gasteiger partial charge on any atom is -0.394 e. The third-order valence-electron chi connectivity index (χ3n) is 3.18. The lowest BCUT2D eigenvalue weighted by Gasteiger charge is -2.16. The molecule has 1 aliphatic rings. The highest BCUT2D eigenvalue weighted by atomic mass is 32.2. The number of aromatic nitrogens is 4. The largest absolute Gasteiger partial charge is 0.394 e. The number of aliphatic hydroxyl groups excluding tert-OH is 3. The summed E-state index contributed by atoms with van der Waals surface area (Å²) in [5.41, 5.74) is 6.44. The zero-order valence-corrected chi connectivity index (χ0v) is 13.0. The molecular formula is C12H19N5O4S. The summed E-state index contributed by atoms with van der Waals surface area (Å²) >= 11 is 1.75.